The fraction of sp³-hybridized carbons (Fsp3) is 0.231. The molecule has 2 aromatic rings. The first-order valence-corrected chi connectivity index (χ1v) is 7.05. The molecule has 1 aromatic carbocycles. The zero-order valence-electron chi connectivity index (χ0n) is 10.2. The van der Waals surface area contributed by atoms with Gasteiger partial charge in [0.15, 0.2) is 0 Å². The highest BCUT2D eigenvalue weighted by atomic mass is 35.5. The lowest BCUT2D eigenvalue weighted by Gasteiger charge is -2.07. The SMILES string of the molecule is Cc1c(F)cccc1NC(=O)Cc1nc(CCl)cs1. The van der Waals surface area contributed by atoms with Crippen LogP contribution >= 0.6 is 22.9 Å². The smallest absolute Gasteiger partial charge is 0.231 e. The number of anilines is 1. The van der Waals surface area contributed by atoms with Crippen LogP contribution in [0.4, 0.5) is 10.1 Å². The zero-order chi connectivity index (χ0) is 13.8. The monoisotopic (exact) mass is 298 g/mol. The summed E-state index contributed by atoms with van der Waals surface area (Å²) in [6.07, 6.45) is 0.164. The Balaban J connectivity index is 2.03. The number of rotatable bonds is 4. The van der Waals surface area contributed by atoms with Crippen LogP contribution < -0.4 is 5.32 Å². The van der Waals surface area contributed by atoms with Crippen molar-refractivity contribution < 1.29 is 9.18 Å². The number of amides is 1. The van der Waals surface area contributed by atoms with Gasteiger partial charge in [0, 0.05) is 16.6 Å². The summed E-state index contributed by atoms with van der Waals surface area (Å²) in [5.74, 6) is -0.221. The third-order valence-electron chi connectivity index (χ3n) is 2.59. The Labute approximate surface area is 119 Å². The van der Waals surface area contributed by atoms with Crippen LogP contribution in [0.1, 0.15) is 16.3 Å². The lowest BCUT2D eigenvalue weighted by atomic mass is 10.2. The molecule has 2 rings (SSSR count). The van der Waals surface area contributed by atoms with Gasteiger partial charge < -0.3 is 5.32 Å². The van der Waals surface area contributed by atoms with E-state index in [0.29, 0.717) is 22.1 Å². The molecule has 1 N–H and O–H groups in total. The molecule has 6 heteroatoms. The van der Waals surface area contributed by atoms with Crippen LogP contribution in [0.5, 0.6) is 0 Å². The molecule has 100 valence electrons. The van der Waals surface area contributed by atoms with Gasteiger partial charge in [0.1, 0.15) is 10.8 Å². The quantitative estimate of drug-likeness (QED) is 0.878. The topological polar surface area (TPSA) is 42.0 Å². The van der Waals surface area contributed by atoms with Crippen molar-refractivity contribution in [2.75, 3.05) is 5.32 Å². The van der Waals surface area contributed by atoms with E-state index in [4.69, 9.17) is 11.6 Å². The number of halogens is 2. The molecule has 0 fully saturated rings. The van der Waals surface area contributed by atoms with Gasteiger partial charge in [-0.25, -0.2) is 9.37 Å². The van der Waals surface area contributed by atoms with Crippen molar-refractivity contribution >= 4 is 34.5 Å². The summed E-state index contributed by atoms with van der Waals surface area (Å²) in [7, 11) is 0. The maximum absolute atomic E-state index is 13.3. The van der Waals surface area contributed by atoms with Gasteiger partial charge >= 0.3 is 0 Å². The number of nitrogens with zero attached hydrogens (tertiary/aromatic N) is 1. The second kappa shape index (κ2) is 6.12. The molecule has 0 atom stereocenters. The number of hydrogen-bond donors (Lipinski definition) is 1. The van der Waals surface area contributed by atoms with E-state index >= 15 is 0 Å². The van der Waals surface area contributed by atoms with Gasteiger partial charge in [0.05, 0.1) is 18.0 Å². The van der Waals surface area contributed by atoms with Crippen molar-refractivity contribution in [2.24, 2.45) is 0 Å². The van der Waals surface area contributed by atoms with Gasteiger partial charge in [-0.05, 0) is 19.1 Å². The fourth-order valence-electron chi connectivity index (χ4n) is 1.57. The van der Waals surface area contributed by atoms with E-state index in [0.717, 1.165) is 5.69 Å². The number of hydrogen-bond acceptors (Lipinski definition) is 3. The lowest BCUT2D eigenvalue weighted by molar-refractivity contribution is -0.115. The molecule has 19 heavy (non-hydrogen) atoms. The second-order valence-corrected chi connectivity index (χ2v) is 5.21. The third kappa shape index (κ3) is 3.52. The molecule has 0 aliphatic rings. The standard InChI is InChI=1S/C13H12ClFN2OS/c1-8-10(15)3-2-4-11(8)17-12(18)5-13-16-9(6-14)7-19-13/h2-4,7H,5-6H2,1H3,(H,17,18). The third-order valence-corrected chi connectivity index (χ3v) is 3.76. The maximum Gasteiger partial charge on any atom is 0.231 e. The number of alkyl halides is 1. The van der Waals surface area contributed by atoms with Gasteiger partial charge in [-0.15, -0.1) is 22.9 Å². The van der Waals surface area contributed by atoms with E-state index in [1.54, 1.807) is 19.1 Å². The van der Waals surface area contributed by atoms with E-state index in [2.05, 4.69) is 10.3 Å². The van der Waals surface area contributed by atoms with Crippen molar-refractivity contribution in [1.29, 1.82) is 0 Å². The minimum atomic E-state index is -0.337. The lowest BCUT2D eigenvalue weighted by Crippen LogP contribution is -2.15. The summed E-state index contributed by atoms with van der Waals surface area (Å²) in [5, 5.41) is 5.20. The van der Waals surface area contributed by atoms with Crippen molar-refractivity contribution in [2.45, 2.75) is 19.2 Å². The Hall–Kier alpha value is -1.46. The van der Waals surface area contributed by atoms with Crippen LogP contribution in [0.25, 0.3) is 0 Å². The Morgan fingerprint density at radius 3 is 3.00 bits per heavy atom. The summed E-state index contributed by atoms with van der Waals surface area (Å²) in [6.45, 7) is 1.62. The number of thiazole rings is 1. The first kappa shape index (κ1) is 14.0. The first-order chi connectivity index (χ1) is 9.10. The summed E-state index contributed by atoms with van der Waals surface area (Å²) < 4.78 is 13.3. The molecule has 0 radical (unpaired) electrons. The van der Waals surface area contributed by atoms with Crippen molar-refractivity contribution in [1.82, 2.24) is 4.98 Å². The van der Waals surface area contributed by atoms with Crippen LogP contribution in [0, 0.1) is 12.7 Å². The van der Waals surface area contributed by atoms with E-state index in [1.807, 2.05) is 5.38 Å². The minimum absolute atomic E-state index is 0.164. The van der Waals surface area contributed by atoms with E-state index in [-0.39, 0.29) is 18.1 Å². The molecular formula is C13H12ClFN2OS. The van der Waals surface area contributed by atoms with Crippen LogP contribution in [0.3, 0.4) is 0 Å². The highest BCUT2D eigenvalue weighted by Gasteiger charge is 2.10. The molecule has 0 bridgehead atoms. The van der Waals surface area contributed by atoms with Crippen molar-refractivity contribution in [3.05, 3.63) is 45.7 Å². The largest absolute Gasteiger partial charge is 0.325 e. The summed E-state index contributed by atoms with van der Waals surface area (Å²) >= 11 is 7.04. The average molecular weight is 299 g/mol. The summed E-state index contributed by atoms with van der Waals surface area (Å²) in [6, 6.07) is 4.59. The zero-order valence-corrected chi connectivity index (χ0v) is 11.8. The van der Waals surface area contributed by atoms with E-state index in [1.165, 1.54) is 17.4 Å². The predicted molar refractivity (Wildman–Crippen MR) is 75.1 cm³/mol. The average Bonchev–Trinajstić information content (AvgIpc) is 2.82. The number of carbonyl (C=O) groups excluding carboxylic acids is 1. The Morgan fingerprint density at radius 1 is 1.53 bits per heavy atom. The molecular weight excluding hydrogens is 287 g/mol. The molecule has 0 aliphatic carbocycles. The molecule has 0 saturated heterocycles. The Kier molecular flexibility index (Phi) is 4.50. The van der Waals surface area contributed by atoms with Gasteiger partial charge in [-0.1, -0.05) is 6.07 Å². The molecule has 1 aromatic heterocycles. The van der Waals surface area contributed by atoms with Gasteiger partial charge in [-0.2, -0.15) is 0 Å². The number of aromatic nitrogens is 1. The fourth-order valence-corrected chi connectivity index (χ4v) is 2.59. The molecule has 1 heterocycles. The van der Waals surface area contributed by atoms with Crippen LogP contribution in [0.15, 0.2) is 23.6 Å². The second-order valence-electron chi connectivity index (χ2n) is 4.00. The van der Waals surface area contributed by atoms with Gasteiger partial charge in [0.2, 0.25) is 5.91 Å². The minimum Gasteiger partial charge on any atom is -0.325 e. The number of benzene rings is 1. The normalized spacial score (nSPS) is 10.5. The Bertz CT molecular complexity index is 600. The maximum atomic E-state index is 13.3. The molecule has 0 spiro atoms. The molecule has 0 unspecified atom stereocenters. The van der Waals surface area contributed by atoms with Crippen molar-refractivity contribution in [3.63, 3.8) is 0 Å². The number of nitrogens with one attached hydrogen (secondary N) is 1. The van der Waals surface area contributed by atoms with E-state index in [9.17, 15) is 9.18 Å². The van der Waals surface area contributed by atoms with Crippen LogP contribution in [0.2, 0.25) is 0 Å². The molecule has 0 saturated carbocycles. The van der Waals surface area contributed by atoms with Gasteiger partial charge in [-0.3, -0.25) is 4.79 Å². The van der Waals surface area contributed by atoms with Crippen molar-refractivity contribution in [3.8, 4) is 0 Å². The van der Waals surface area contributed by atoms with Crippen LogP contribution in [-0.4, -0.2) is 10.9 Å². The van der Waals surface area contributed by atoms with Crippen LogP contribution in [-0.2, 0) is 17.1 Å². The van der Waals surface area contributed by atoms with E-state index < -0.39 is 0 Å². The molecule has 3 nitrogen and oxygen atoms in total. The predicted octanol–water partition coefficient (Wildman–Crippen LogP) is 3.51. The number of carbonyl (C=O) groups is 1. The highest BCUT2D eigenvalue weighted by Crippen LogP contribution is 2.18. The first-order valence-electron chi connectivity index (χ1n) is 5.64. The summed E-state index contributed by atoms with van der Waals surface area (Å²) in [4.78, 5) is 16.0. The van der Waals surface area contributed by atoms with Gasteiger partial charge in [0.25, 0.3) is 0 Å². The summed E-state index contributed by atoms with van der Waals surface area (Å²) in [5.41, 5.74) is 1.67. The highest BCUT2D eigenvalue weighted by molar-refractivity contribution is 7.09. The molecule has 1 amide bonds. The Morgan fingerprint density at radius 2 is 2.32 bits per heavy atom. The molecule has 0 aliphatic heterocycles.